The molecule has 0 unspecified atom stereocenters. The number of benzene rings is 1. The quantitative estimate of drug-likeness (QED) is 0.468. The van der Waals surface area contributed by atoms with Gasteiger partial charge in [0.25, 0.3) is 10.2 Å². The summed E-state index contributed by atoms with van der Waals surface area (Å²) in [7, 11) is -0.806. The number of hydrogen-bond donors (Lipinski definition) is 2. The van der Waals surface area contributed by atoms with E-state index in [9.17, 15) is 17.6 Å². The molecular weight excluding hydrogens is 477 g/mol. The Morgan fingerprint density at radius 3 is 2.78 bits per heavy atom. The number of rotatable bonds is 6. The van der Waals surface area contributed by atoms with E-state index in [1.54, 1.807) is 12.1 Å². The summed E-state index contributed by atoms with van der Waals surface area (Å²) in [6, 6.07) is 5.90. The van der Waals surface area contributed by atoms with Crippen molar-refractivity contribution < 1.29 is 17.6 Å². The Labute approximate surface area is 195 Å². The van der Waals surface area contributed by atoms with Crippen LogP contribution < -0.4 is 10.0 Å². The summed E-state index contributed by atoms with van der Waals surface area (Å²) in [6.07, 6.45) is 2.09. The minimum absolute atomic E-state index is 0.142. The van der Waals surface area contributed by atoms with Gasteiger partial charge in [-0.25, -0.2) is 4.39 Å². The Bertz CT molecular complexity index is 1170. The maximum Gasteiger partial charge on any atom is 0.280 e. The fraction of sp³-hybridized carbons (Fsp3) is 0.300. The van der Waals surface area contributed by atoms with Crippen LogP contribution in [0.2, 0.25) is 5.02 Å². The maximum absolute atomic E-state index is 13.4. The third-order valence-corrected chi connectivity index (χ3v) is 8.22. The Morgan fingerprint density at radius 1 is 1.44 bits per heavy atom. The van der Waals surface area contributed by atoms with Gasteiger partial charge in [0.15, 0.2) is 0 Å². The molecule has 0 saturated carbocycles. The number of likely N-dealkylation sites (N-methyl/N-ethyl adjacent to an activating group) is 1. The molecule has 2 N–H and O–H groups in total. The van der Waals surface area contributed by atoms with Crippen LogP contribution in [0.1, 0.15) is 29.1 Å². The molecule has 1 fully saturated rings. The summed E-state index contributed by atoms with van der Waals surface area (Å²) < 4.78 is 42.4. The third-order valence-electron chi connectivity index (χ3n) is 5.11. The third kappa shape index (κ3) is 5.02. The lowest BCUT2D eigenvalue weighted by Crippen LogP contribution is -2.55. The predicted molar refractivity (Wildman–Crippen MR) is 126 cm³/mol. The lowest BCUT2D eigenvalue weighted by molar-refractivity contribution is -0.120. The minimum atomic E-state index is -3.91. The molecule has 0 bridgehead atoms. The molecule has 3 rings (SSSR count). The highest BCUT2D eigenvalue weighted by Crippen LogP contribution is 2.35. The summed E-state index contributed by atoms with van der Waals surface area (Å²) in [5, 5.41) is 8.00. The van der Waals surface area contributed by atoms with Crippen LogP contribution in [-0.2, 0) is 15.0 Å². The number of nitrogens with zero attached hydrogens (tertiary/aromatic N) is 3. The number of nitrogens with one attached hydrogen (secondary N) is 2. The largest absolute Gasteiger partial charge is 0.325 e. The summed E-state index contributed by atoms with van der Waals surface area (Å²) in [5.74, 6) is -1.15. The molecule has 0 radical (unpaired) electrons. The van der Waals surface area contributed by atoms with Gasteiger partial charge < -0.3 is 5.32 Å². The summed E-state index contributed by atoms with van der Waals surface area (Å²) in [4.78, 5) is 14.6. The lowest BCUT2D eigenvalue weighted by atomic mass is 10.1. The number of anilines is 1. The summed E-state index contributed by atoms with van der Waals surface area (Å²) in [5.41, 5.74) is 1.10. The first kappa shape index (κ1) is 24.3. The molecule has 2 heterocycles. The second-order valence-corrected chi connectivity index (χ2v) is 10.4. The van der Waals surface area contributed by atoms with Gasteiger partial charge in [0, 0.05) is 31.4 Å². The zero-order valence-electron chi connectivity index (χ0n) is 17.7. The number of allylic oxidation sites excluding steroid dienone is 1. The molecule has 172 valence electrons. The highest BCUT2D eigenvalue weighted by Gasteiger charge is 2.41. The summed E-state index contributed by atoms with van der Waals surface area (Å²) >= 11 is 7.18. The molecule has 8 nitrogen and oxygen atoms in total. The van der Waals surface area contributed by atoms with E-state index in [1.807, 2.05) is 25.1 Å². The number of thiophene rings is 1. The molecule has 2 atom stereocenters. The van der Waals surface area contributed by atoms with E-state index in [2.05, 4.69) is 21.9 Å². The first-order valence-electron chi connectivity index (χ1n) is 9.55. The molecule has 1 saturated heterocycles. The second-order valence-electron chi connectivity index (χ2n) is 7.10. The first-order valence-corrected chi connectivity index (χ1v) is 12.2. The molecular formula is C20H23ClFN5O3S2. The lowest BCUT2D eigenvalue weighted by Gasteiger charge is -2.35. The van der Waals surface area contributed by atoms with Gasteiger partial charge in [0.1, 0.15) is 11.9 Å². The normalized spacial score (nSPS) is 21.2. The van der Waals surface area contributed by atoms with Gasteiger partial charge in [-0.2, -0.15) is 22.5 Å². The van der Waals surface area contributed by atoms with Crippen molar-refractivity contribution in [3.8, 4) is 0 Å². The molecule has 1 aliphatic rings. The van der Waals surface area contributed by atoms with E-state index in [0.717, 1.165) is 25.8 Å². The Balaban J connectivity index is 1.85. The number of amides is 1. The Hall–Kier alpha value is -2.31. The highest BCUT2D eigenvalue weighted by atomic mass is 35.5. The Morgan fingerprint density at radius 2 is 2.16 bits per heavy atom. The molecule has 1 aliphatic heterocycles. The Kier molecular flexibility index (Phi) is 7.36. The van der Waals surface area contributed by atoms with Crippen LogP contribution in [0, 0.1) is 5.82 Å². The SMILES string of the molecule is C=NN(C)/C(=C\C)c1ccc([C@H]2C[C@@H](C(=O)Nc3ccc(F)c(Cl)c3)N(C)S(=O)(=O)N2)s1. The maximum atomic E-state index is 13.4. The fourth-order valence-corrected chi connectivity index (χ4v) is 6.04. The van der Waals surface area contributed by atoms with Crippen molar-refractivity contribution in [1.29, 1.82) is 0 Å². The van der Waals surface area contributed by atoms with E-state index in [0.29, 0.717) is 0 Å². The van der Waals surface area contributed by atoms with Crippen LogP contribution >= 0.6 is 22.9 Å². The van der Waals surface area contributed by atoms with Crippen molar-refractivity contribution in [1.82, 2.24) is 14.0 Å². The first-order chi connectivity index (χ1) is 15.1. The van der Waals surface area contributed by atoms with Crippen LogP contribution in [-0.4, -0.2) is 50.5 Å². The van der Waals surface area contributed by atoms with Gasteiger partial charge in [-0.3, -0.25) is 9.80 Å². The van der Waals surface area contributed by atoms with Crippen LogP contribution in [0.5, 0.6) is 0 Å². The highest BCUT2D eigenvalue weighted by molar-refractivity contribution is 7.87. The van der Waals surface area contributed by atoms with Gasteiger partial charge in [-0.05, 0) is 43.7 Å². The van der Waals surface area contributed by atoms with Crippen molar-refractivity contribution in [3.05, 3.63) is 57.0 Å². The zero-order chi connectivity index (χ0) is 23.6. The zero-order valence-corrected chi connectivity index (χ0v) is 20.1. The van der Waals surface area contributed by atoms with Crippen molar-refractivity contribution in [2.24, 2.45) is 5.10 Å². The van der Waals surface area contributed by atoms with Crippen LogP contribution in [0.15, 0.2) is 41.5 Å². The fourth-order valence-electron chi connectivity index (χ4n) is 3.34. The topological polar surface area (TPSA) is 94.1 Å². The summed E-state index contributed by atoms with van der Waals surface area (Å²) in [6.45, 7) is 5.39. The number of hydrazone groups is 1. The molecule has 1 amide bonds. The van der Waals surface area contributed by atoms with Crippen molar-refractivity contribution in [2.45, 2.75) is 25.4 Å². The molecule has 1 aromatic carbocycles. The molecule has 2 aromatic rings. The standard InChI is InChI=1S/C20H23ClFN5O3S2/c1-5-16(26(3)23-2)19-9-8-18(31-19)15-11-17(27(4)32(29,30)25-15)20(28)24-12-6-7-14(22)13(21)10-12/h5-10,15,17,25H,2,11H2,1,3-4H3,(H,24,28)/b16-5-/t15-,17+/m1/s1. The molecule has 1 aromatic heterocycles. The van der Waals surface area contributed by atoms with Gasteiger partial charge in [-0.1, -0.05) is 17.7 Å². The number of hydrogen-bond acceptors (Lipinski definition) is 6. The van der Waals surface area contributed by atoms with E-state index < -0.39 is 34.0 Å². The molecule has 0 aliphatic carbocycles. The van der Waals surface area contributed by atoms with Gasteiger partial charge in [0.05, 0.1) is 21.6 Å². The molecule has 12 heteroatoms. The number of halogens is 2. The molecule has 32 heavy (non-hydrogen) atoms. The number of carbonyl (C=O) groups is 1. The van der Waals surface area contributed by atoms with E-state index >= 15 is 0 Å². The van der Waals surface area contributed by atoms with Crippen LogP contribution in [0.4, 0.5) is 10.1 Å². The van der Waals surface area contributed by atoms with E-state index in [4.69, 9.17) is 11.6 Å². The van der Waals surface area contributed by atoms with Crippen molar-refractivity contribution >= 4 is 57.2 Å². The van der Waals surface area contributed by atoms with Crippen LogP contribution in [0.25, 0.3) is 5.70 Å². The van der Waals surface area contributed by atoms with Gasteiger partial charge in [0.2, 0.25) is 5.91 Å². The van der Waals surface area contributed by atoms with E-state index in [1.165, 1.54) is 30.5 Å². The van der Waals surface area contributed by atoms with Crippen molar-refractivity contribution in [2.75, 3.05) is 19.4 Å². The average molecular weight is 500 g/mol. The minimum Gasteiger partial charge on any atom is -0.325 e. The average Bonchev–Trinajstić information content (AvgIpc) is 3.22. The van der Waals surface area contributed by atoms with Crippen molar-refractivity contribution in [3.63, 3.8) is 0 Å². The number of carbonyl (C=O) groups excluding carboxylic acids is 1. The predicted octanol–water partition coefficient (Wildman–Crippen LogP) is 3.67. The van der Waals surface area contributed by atoms with Gasteiger partial charge in [-0.15, -0.1) is 11.3 Å². The van der Waals surface area contributed by atoms with Gasteiger partial charge >= 0.3 is 0 Å². The molecule has 0 spiro atoms. The monoisotopic (exact) mass is 499 g/mol. The smallest absolute Gasteiger partial charge is 0.280 e. The van der Waals surface area contributed by atoms with Crippen LogP contribution in [0.3, 0.4) is 0 Å². The second kappa shape index (κ2) is 9.67. The van der Waals surface area contributed by atoms with E-state index in [-0.39, 0.29) is 17.1 Å².